The monoisotopic (exact) mass is 355 g/mol. The van der Waals surface area contributed by atoms with E-state index in [1.807, 2.05) is 0 Å². The number of hydrogen-bond donors (Lipinski definition) is 2. The summed E-state index contributed by atoms with van der Waals surface area (Å²) in [5, 5.41) is 12.6. The minimum absolute atomic E-state index is 0.165. The van der Waals surface area contributed by atoms with E-state index in [1.54, 1.807) is 6.92 Å². The third-order valence-corrected chi connectivity index (χ3v) is 5.79. The molecule has 0 aromatic carbocycles. The zero-order valence-corrected chi connectivity index (χ0v) is 18.4. The van der Waals surface area contributed by atoms with Crippen LogP contribution in [0.1, 0.15) is 74.7 Å². The van der Waals surface area contributed by atoms with E-state index in [0.717, 1.165) is 32.5 Å². The van der Waals surface area contributed by atoms with Gasteiger partial charge in [-0.2, -0.15) is 0 Å². The van der Waals surface area contributed by atoms with Crippen LogP contribution < -0.4 is 5.32 Å². The van der Waals surface area contributed by atoms with Crippen LogP contribution in [0.5, 0.6) is 0 Å². The Morgan fingerprint density at radius 3 is 2.08 bits per heavy atom. The van der Waals surface area contributed by atoms with Crippen LogP contribution >= 0.6 is 0 Å². The zero-order chi connectivity index (χ0) is 19.8. The molecule has 1 atom stereocenters. The number of hydrogen-bond acceptors (Lipinski definition) is 4. The summed E-state index contributed by atoms with van der Waals surface area (Å²) in [5.41, 5.74) is 1.11. The summed E-state index contributed by atoms with van der Waals surface area (Å²) < 4.78 is 0. The maximum atomic E-state index is 9.43. The summed E-state index contributed by atoms with van der Waals surface area (Å²) in [7, 11) is 2.22. The van der Waals surface area contributed by atoms with Gasteiger partial charge in [-0.25, -0.2) is 0 Å². The average molecular weight is 356 g/mol. The van der Waals surface area contributed by atoms with Gasteiger partial charge in [-0.3, -0.25) is 4.90 Å². The Balaban J connectivity index is 4.47. The first-order valence-electron chi connectivity index (χ1n) is 9.94. The molecule has 2 N–H and O–H groups in total. The largest absolute Gasteiger partial charge is 0.387 e. The maximum Gasteiger partial charge on any atom is 0.0900 e. The molecule has 0 spiro atoms. The number of nitrogens with zero attached hydrogens (tertiary/aromatic N) is 2. The topological polar surface area (TPSA) is 38.7 Å². The molecule has 0 amide bonds. The van der Waals surface area contributed by atoms with Crippen LogP contribution in [0.25, 0.3) is 0 Å². The van der Waals surface area contributed by atoms with Gasteiger partial charge in [0.05, 0.1) is 6.10 Å². The second-order valence-corrected chi connectivity index (χ2v) is 8.92. The predicted molar refractivity (Wildman–Crippen MR) is 111 cm³/mol. The van der Waals surface area contributed by atoms with E-state index in [-0.39, 0.29) is 11.1 Å². The van der Waals surface area contributed by atoms with Crippen molar-refractivity contribution in [2.75, 3.05) is 26.7 Å². The molecule has 0 fully saturated rings. The second kappa shape index (κ2) is 10.5. The molecular formula is C21H45N3O. The zero-order valence-electron chi connectivity index (χ0n) is 18.4. The van der Waals surface area contributed by atoms with Gasteiger partial charge < -0.3 is 15.3 Å². The second-order valence-electron chi connectivity index (χ2n) is 8.92. The van der Waals surface area contributed by atoms with Crippen molar-refractivity contribution in [2.24, 2.45) is 0 Å². The van der Waals surface area contributed by atoms with E-state index >= 15 is 0 Å². The van der Waals surface area contributed by atoms with Crippen molar-refractivity contribution >= 4 is 0 Å². The van der Waals surface area contributed by atoms with Crippen molar-refractivity contribution in [2.45, 2.75) is 97.9 Å². The molecule has 0 bridgehead atoms. The molecule has 0 rings (SSSR count). The lowest BCUT2D eigenvalue weighted by Crippen LogP contribution is -2.51. The van der Waals surface area contributed by atoms with E-state index < -0.39 is 6.10 Å². The first kappa shape index (κ1) is 24.4. The lowest BCUT2D eigenvalue weighted by atomic mass is 9.93. The SMILES string of the molecule is C=C(NCCCN(C)C(C)(C)CCN(C(C)C)C(C)(C)CC)C(C)O. The summed E-state index contributed by atoms with van der Waals surface area (Å²) >= 11 is 0. The Morgan fingerprint density at radius 1 is 1.08 bits per heavy atom. The Hall–Kier alpha value is -0.580. The minimum atomic E-state index is -0.488. The molecule has 0 aliphatic rings. The molecule has 0 aliphatic heterocycles. The molecule has 0 saturated heterocycles. The predicted octanol–water partition coefficient (Wildman–Crippen LogP) is 3.86. The van der Waals surface area contributed by atoms with E-state index in [4.69, 9.17) is 0 Å². The van der Waals surface area contributed by atoms with Gasteiger partial charge in [-0.05, 0) is 74.8 Å². The lowest BCUT2D eigenvalue weighted by molar-refractivity contribution is 0.0517. The summed E-state index contributed by atoms with van der Waals surface area (Å²) in [5.74, 6) is 0. The van der Waals surface area contributed by atoms with Gasteiger partial charge in [0, 0.05) is 42.5 Å². The van der Waals surface area contributed by atoms with Gasteiger partial charge in [0.2, 0.25) is 0 Å². The molecule has 0 aromatic rings. The average Bonchev–Trinajstić information content (AvgIpc) is 2.50. The molecule has 0 heterocycles. The van der Waals surface area contributed by atoms with E-state index in [1.165, 1.54) is 6.42 Å². The Morgan fingerprint density at radius 2 is 1.64 bits per heavy atom. The third-order valence-electron chi connectivity index (χ3n) is 5.79. The summed E-state index contributed by atoms with van der Waals surface area (Å²) in [6, 6.07) is 0.562. The molecule has 4 heteroatoms. The molecule has 0 saturated carbocycles. The highest BCUT2D eigenvalue weighted by Crippen LogP contribution is 2.25. The molecular weight excluding hydrogens is 310 g/mol. The van der Waals surface area contributed by atoms with Gasteiger partial charge in [0.25, 0.3) is 0 Å². The van der Waals surface area contributed by atoms with Crippen molar-refractivity contribution in [1.82, 2.24) is 15.1 Å². The summed E-state index contributed by atoms with van der Waals surface area (Å²) in [6.45, 7) is 24.8. The van der Waals surface area contributed by atoms with Crippen molar-refractivity contribution in [3.63, 3.8) is 0 Å². The van der Waals surface area contributed by atoms with Gasteiger partial charge in [-0.1, -0.05) is 13.5 Å². The smallest absolute Gasteiger partial charge is 0.0900 e. The number of nitrogens with one attached hydrogen (secondary N) is 1. The minimum Gasteiger partial charge on any atom is -0.387 e. The Kier molecular flexibility index (Phi) is 10.3. The highest BCUT2D eigenvalue weighted by Gasteiger charge is 2.30. The van der Waals surface area contributed by atoms with Crippen LogP contribution in [0.3, 0.4) is 0 Å². The van der Waals surface area contributed by atoms with Crippen LogP contribution in [0, 0.1) is 0 Å². The first-order chi connectivity index (χ1) is 11.3. The van der Waals surface area contributed by atoms with Crippen molar-refractivity contribution in [3.05, 3.63) is 12.3 Å². The molecule has 0 aliphatic carbocycles. The number of rotatable bonds is 13. The van der Waals surface area contributed by atoms with Gasteiger partial charge in [0.15, 0.2) is 0 Å². The van der Waals surface area contributed by atoms with Crippen LogP contribution in [0.4, 0.5) is 0 Å². The van der Waals surface area contributed by atoms with Crippen LogP contribution in [-0.2, 0) is 0 Å². The lowest BCUT2D eigenvalue weighted by Gasteiger charge is -2.44. The number of aliphatic hydroxyl groups is 1. The molecule has 25 heavy (non-hydrogen) atoms. The van der Waals surface area contributed by atoms with Crippen LogP contribution in [0.2, 0.25) is 0 Å². The van der Waals surface area contributed by atoms with Crippen LogP contribution in [0.15, 0.2) is 12.3 Å². The van der Waals surface area contributed by atoms with Gasteiger partial charge >= 0.3 is 0 Å². The molecule has 4 nitrogen and oxygen atoms in total. The Labute approximate surface area is 157 Å². The van der Waals surface area contributed by atoms with E-state index in [9.17, 15) is 5.11 Å². The van der Waals surface area contributed by atoms with Gasteiger partial charge in [0.1, 0.15) is 0 Å². The summed E-state index contributed by atoms with van der Waals surface area (Å²) in [4.78, 5) is 5.09. The van der Waals surface area contributed by atoms with Crippen molar-refractivity contribution in [3.8, 4) is 0 Å². The normalized spacial score (nSPS) is 14.4. The fourth-order valence-corrected chi connectivity index (χ4v) is 3.06. The quantitative estimate of drug-likeness (QED) is 0.492. The van der Waals surface area contributed by atoms with E-state index in [0.29, 0.717) is 11.7 Å². The highest BCUT2D eigenvalue weighted by atomic mass is 16.3. The van der Waals surface area contributed by atoms with Crippen molar-refractivity contribution in [1.29, 1.82) is 0 Å². The number of aliphatic hydroxyl groups excluding tert-OH is 1. The van der Waals surface area contributed by atoms with Gasteiger partial charge in [-0.15, -0.1) is 0 Å². The molecule has 0 aromatic heterocycles. The van der Waals surface area contributed by atoms with E-state index in [2.05, 4.69) is 77.2 Å². The molecule has 0 radical (unpaired) electrons. The molecule has 150 valence electrons. The standard InChI is InChI=1S/C21H45N3O/c1-11-20(6,7)24(17(2)3)16-13-21(8,9)23(10)15-12-14-22-18(4)19(5)25/h17,19,22,25H,4,11-16H2,1-3,5-10H3. The summed E-state index contributed by atoms with van der Waals surface area (Å²) in [6.07, 6.45) is 2.87. The molecule has 1 unspecified atom stereocenters. The first-order valence-corrected chi connectivity index (χ1v) is 9.94. The third kappa shape index (κ3) is 8.57. The fourth-order valence-electron chi connectivity index (χ4n) is 3.06. The van der Waals surface area contributed by atoms with Crippen LogP contribution in [-0.4, -0.2) is 64.8 Å². The Bertz CT molecular complexity index is 389. The highest BCUT2D eigenvalue weighted by molar-refractivity contribution is 4.96. The maximum absolute atomic E-state index is 9.43. The van der Waals surface area contributed by atoms with Crippen molar-refractivity contribution < 1.29 is 5.11 Å². The fraction of sp³-hybridized carbons (Fsp3) is 0.905.